The molecule has 1 N–H and O–H groups in total. The Bertz CT molecular complexity index is 214. The summed E-state index contributed by atoms with van der Waals surface area (Å²) in [4.78, 5) is 0. The standard InChI is InChI=1S/C14H25N/c1-5-7-13(15-6-2)12-8-10-14(3,4)11-9-12/h1,12-13,15H,6-11H2,2-4H3. The van der Waals surface area contributed by atoms with Crippen molar-refractivity contribution in [2.45, 2.75) is 58.9 Å². The van der Waals surface area contributed by atoms with Gasteiger partial charge in [0.25, 0.3) is 0 Å². The molecule has 1 saturated carbocycles. The van der Waals surface area contributed by atoms with Crippen LogP contribution >= 0.6 is 0 Å². The van der Waals surface area contributed by atoms with Gasteiger partial charge >= 0.3 is 0 Å². The van der Waals surface area contributed by atoms with Crippen molar-refractivity contribution in [1.29, 1.82) is 0 Å². The van der Waals surface area contributed by atoms with Crippen LogP contribution in [0.2, 0.25) is 0 Å². The fraction of sp³-hybridized carbons (Fsp3) is 0.857. The van der Waals surface area contributed by atoms with Gasteiger partial charge in [-0.15, -0.1) is 12.3 Å². The van der Waals surface area contributed by atoms with Crippen LogP contribution in [-0.2, 0) is 0 Å². The second-order valence-electron chi connectivity index (χ2n) is 5.57. The Labute approximate surface area is 95.0 Å². The van der Waals surface area contributed by atoms with E-state index in [9.17, 15) is 0 Å². The topological polar surface area (TPSA) is 12.0 Å². The third-order valence-corrected chi connectivity index (χ3v) is 3.76. The van der Waals surface area contributed by atoms with Gasteiger partial charge in [-0.25, -0.2) is 0 Å². The maximum atomic E-state index is 5.43. The fourth-order valence-electron chi connectivity index (χ4n) is 2.62. The molecule has 1 fully saturated rings. The average molecular weight is 207 g/mol. The molecule has 0 radical (unpaired) electrons. The summed E-state index contributed by atoms with van der Waals surface area (Å²) < 4.78 is 0. The summed E-state index contributed by atoms with van der Waals surface area (Å²) >= 11 is 0. The molecule has 0 spiro atoms. The van der Waals surface area contributed by atoms with Crippen LogP contribution in [-0.4, -0.2) is 12.6 Å². The van der Waals surface area contributed by atoms with Gasteiger partial charge in [-0.05, 0) is 43.6 Å². The first-order valence-corrected chi connectivity index (χ1v) is 6.26. The van der Waals surface area contributed by atoms with E-state index in [1.165, 1.54) is 25.7 Å². The van der Waals surface area contributed by atoms with Crippen LogP contribution in [0.4, 0.5) is 0 Å². The third kappa shape index (κ3) is 3.87. The number of rotatable bonds is 4. The molecule has 0 amide bonds. The van der Waals surface area contributed by atoms with E-state index in [-0.39, 0.29) is 0 Å². The number of hydrogen-bond acceptors (Lipinski definition) is 1. The van der Waals surface area contributed by atoms with Gasteiger partial charge in [-0.3, -0.25) is 0 Å². The molecule has 15 heavy (non-hydrogen) atoms. The first-order valence-electron chi connectivity index (χ1n) is 6.26. The van der Waals surface area contributed by atoms with Gasteiger partial charge in [0, 0.05) is 12.5 Å². The van der Waals surface area contributed by atoms with Gasteiger partial charge in [0.05, 0.1) is 0 Å². The minimum absolute atomic E-state index is 0.552. The van der Waals surface area contributed by atoms with Crippen molar-refractivity contribution in [3.63, 3.8) is 0 Å². The van der Waals surface area contributed by atoms with E-state index in [4.69, 9.17) is 6.42 Å². The summed E-state index contributed by atoms with van der Waals surface area (Å²) in [7, 11) is 0. The first kappa shape index (κ1) is 12.6. The zero-order chi connectivity index (χ0) is 11.3. The molecular weight excluding hydrogens is 182 g/mol. The van der Waals surface area contributed by atoms with E-state index < -0.39 is 0 Å². The average Bonchev–Trinajstić information content (AvgIpc) is 2.18. The van der Waals surface area contributed by atoms with E-state index in [1.54, 1.807) is 0 Å². The van der Waals surface area contributed by atoms with Crippen LogP contribution in [0, 0.1) is 23.7 Å². The van der Waals surface area contributed by atoms with Crippen molar-refractivity contribution in [1.82, 2.24) is 5.32 Å². The van der Waals surface area contributed by atoms with Gasteiger partial charge < -0.3 is 5.32 Å². The van der Waals surface area contributed by atoms with Crippen LogP contribution in [0.3, 0.4) is 0 Å². The molecule has 0 heterocycles. The predicted molar refractivity (Wildman–Crippen MR) is 66.7 cm³/mol. The lowest BCUT2D eigenvalue weighted by atomic mass is 9.71. The summed E-state index contributed by atoms with van der Waals surface area (Å²) in [5.74, 6) is 3.61. The van der Waals surface area contributed by atoms with Crippen molar-refractivity contribution in [2.24, 2.45) is 11.3 Å². The molecule has 0 aliphatic heterocycles. The zero-order valence-corrected chi connectivity index (χ0v) is 10.5. The highest BCUT2D eigenvalue weighted by atomic mass is 14.9. The molecule has 1 aliphatic carbocycles. The molecule has 1 heteroatoms. The maximum absolute atomic E-state index is 5.43. The zero-order valence-electron chi connectivity index (χ0n) is 10.5. The van der Waals surface area contributed by atoms with Gasteiger partial charge in [0.1, 0.15) is 0 Å². The lowest BCUT2D eigenvalue weighted by molar-refractivity contribution is 0.163. The molecule has 86 valence electrons. The number of nitrogens with one attached hydrogen (secondary N) is 1. The Morgan fingerprint density at radius 3 is 2.47 bits per heavy atom. The molecule has 0 saturated heterocycles. The molecule has 1 atom stereocenters. The molecule has 0 aromatic carbocycles. The highest BCUT2D eigenvalue weighted by Crippen LogP contribution is 2.39. The van der Waals surface area contributed by atoms with E-state index in [0.29, 0.717) is 11.5 Å². The molecule has 1 aliphatic rings. The molecule has 0 bridgehead atoms. The Morgan fingerprint density at radius 2 is 2.00 bits per heavy atom. The minimum Gasteiger partial charge on any atom is -0.313 e. The predicted octanol–water partition coefficient (Wildman–Crippen LogP) is 3.20. The monoisotopic (exact) mass is 207 g/mol. The van der Waals surface area contributed by atoms with Crippen LogP contribution < -0.4 is 5.32 Å². The van der Waals surface area contributed by atoms with Crippen molar-refractivity contribution < 1.29 is 0 Å². The fourth-order valence-corrected chi connectivity index (χ4v) is 2.62. The molecular formula is C14H25N. The largest absolute Gasteiger partial charge is 0.313 e. The van der Waals surface area contributed by atoms with Crippen LogP contribution in [0.25, 0.3) is 0 Å². The highest BCUT2D eigenvalue weighted by Gasteiger charge is 2.30. The molecule has 0 aromatic rings. The second-order valence-corrected chi connectivity index (χ2v) is 5.57. The van der Waals surface area contributed by atoms with Crippen LogP contribution in [0.15, 0.2) is 0 Å². The lowest BCUT2D eigenvalue weighted by Gasteiger charge is -2.37. The van der Waals surface area contributed by atoms with Crippen LogP contribution in [0.5, 0.6) is 0 Å². The van der Waals surface area contributed by atoms with Gasteiger partial charge in [0.2, 0.25) is 0 Å². The summed E-state index contributed by atoms with van der Waals surface area (Å²) in [6.07, 6.45) is 11.7. The van der Waals surface area contributed by atoms with Gasteiger partial charge in [0.15, 0.2) is 0 Å². The summed E-state index contributed by atoms with van der Waals surface area (Å²) in [6, 6.07) is 0.552. The normalized spacial score (nSPS) is 23.3. The highest BCUT2D eigenvalue weighted by molar-refractivity contribution is 4.94. The summed E-state index contributed by atoms with van der Waals surface area (Å²) in [5.41, 5.74) is 0.559. The minimum atomic E-state index is 0.552. The van der Waals surface area contributed by atoms with Gasteiger partial charge in [-0.1, -0.05) is 20.8 Å². The van der Waals surface area contributed by atoms with Crippen molar-refractivity contribution in [3.8, 4) is 12.3 Å². The van der Waals surface area contributed by atoms with E-state index in [1.807, 2.05) is 0 Å². The molecule has 1 unspecified atom stereocenters. The molecule has 1 nitrogen and oxygen atoms in total. The van der Waals surface area contributed by atoms with Crippen LogP contribution in [0.1, 0.15) is 52.9 Å². The maximum Gasteiger partial charge on any atom is 0.0243 e. The van der Waals surface area contributed by atoms with E-state index in [0.717, 1.165) is 18.9 Å². The van der Waals surface area contributed by atoms with Gasteiger partial charge in [-0.2, -0.15) is 0 Å². The smallest absolute Gasteiger partial charge is 0.0243 e. The summed E-state index contributed by atoms with van der Waals surface area (Å²) in [5, 5.41) is 3.54. The number of hydrogen-bond donors (Lipinski definition) is 1. The van der Waals surface area contributed by atoms with E-state index >= 15 is 0 Å². The van der Waals surface area contributed by atoms with Crippen molar-refractivity contribution >= 4 is 0 Å². The van der Waals surface area contributed by atoms with Crippen molar-refractivity contribution in [2.75, 3.05) is 6.54 Å². The van der Waals surface area contributed by atoms with Crippen molar-refractivity contribution in [3.05, 3.63) is 0 Å². The Morgan fingerprint density at radius 1 is 1.40 bits per heavy atom. The molecule has 1 rings (SSSR count). The lowest BCUT2D eigenvalue weighted by Crippen LogP contribution is -2.38. The first-order chi connectivity index (χ1) is 7.09. The Kier molecular flexibility index (Phi) is 4.67. The quantitative estimate of drug-likeness (QED) is 0.698. The SMILES string of the molecule is C#CCC(NCC)C1CCC(C)(C)CC1. The second kappa shape index (κ2) is 5.56. The Balaban J connectivity index is 2.45. The third-order valence-electron chi connectivity index (χ3n) is 3.76. The summed E-state index contributed by atoms with van der Waals surface area (Å²) in [6.45, 7) is 7.96. The molecule has 0 aromatic heterocycles. The Hall–Kier alpha value is -0.480. The van der Waals surface area contributed by atoms with E-state index in [2.05, 4.69) is 32.0 Å². The number of terminal acetylenes is 1.